The number of guanidine groups is 1. The van der Waals surface area contributed by atoms with Crippen molar-refractivity contribution in [2.75, 3.05) is 38.3 Å². The van der Waals surface area contributed by atoms with Crippen molar-refractivity contribution in [2.24, 2.45) is 27.9 Å². The fraction of sp³-hybridized carbons (Fsp3) is 0.652. The van der Waals surface area contributed by atoms with Crippen LogP contribution < -0.4 is 49.5 Å². The molecule has 0 radical (unpaired) electrons. The number of carboxylic acid groups (broad SMARTS) is 1. The quantitative estimate of drug-likeness (QED) is 0.0294. The van der Waals surface area contributed by atoms with Crippen molar-refractivity contribution < 1.29 is 48.9 Å². The molecule has 0 aliphatic rings. The number of aliphatic carboxylic acids is 1. The predicted molar refractivity (Wildman–Crippen MR) is 157 cm³/mol. The fourth-order valence-corrected chi connectivity index (χ4v) is 3.79. The number of primary amides is 1. The molecule has 5 atom stereocenters. The summed E-state index contributed by atoms with van der Waals surface area (Å²) >= 11 is 1.34. The molecule has 44 heavy (non-hydrogen) atoms. The number of rotatable bonds is 22. The van der Waals surface area contributed by atoms with Crippen molar-refractivity contribution >= 4 is 59.1 Å². The lowest BCUT2D eigenvalue weighted by molar-refractivity contribution is -0.143. The molecule has 0 saturated heterocycles. The lowest BCUT2D eigenvalue weighted by Crippen LogP contribution is -2.57. The molecule has 0 bridgehead atoms. The molecule has 0 aliphatic heterocycles. The molecule has 0 aliphatic carbocycles. The van der Waals surface area contributed by atoms with Crippen LogP contribution in [-0.2, 0) is 33.6 Å². The molecule has 21 heteroatoms. The summed E-state index contributed by atoms with van der Waals surface area (Å²) < 4.78 is 0. The minimum atomic E-state index is -1.60. The van der Waals surface area contributed by atoms with E-state index in [0.717, 1.165) is 0 Å². The summed E-state index contributed by atoms with van der Waals surface area (Å²) in [5.74, 6) is -6.86. The Morgan fingerprint density at radius 2 is 1.34 bits per heavy atom. The summed E-state index contributed by atoms with van der Waals surface area (Å²) in [6.45, 7) is -2.24. The van der Waals surface area contributed by atoms with Gasteiger partial charge in [0.2, 0.25) is 35.4 Å². The van der Waals surface area contributed by atoms with Crippen molar-refractivity contribution in [1.82, 2.24) is 26.6 Å². The normalized spacial score (nSPS) is 14.0. The first-order valence-electron chi connectivity index (χ1n) is 13.2. The zero-order valence-corrected chi connectivity index (χ0v) is 24.9. The second kappa shape index (κ2) is 21.5. The van der Waals surface area contributed by atoms with Gasteiger partial charge in [-0.1, -0.05) is 0 Å². The maximum Gasteiger partial charge on any atom is 0.328 e. The van der Waals surface area contributed by atoms with E-state index in [1.807, 2.05) is 0 Å². The minimum Gasteiger partial charge on any atom is -0.480 e. The molecule has 0 aromatic heterocycles. The van der Waals surface area contributed by atoms with Gasteiger partial charge in [0.05, 0.1) is 26.2 Å². The van der Waals surface area contributed by atoms with Gasteiger partial charge in [-0.3, -0.25) is 33.8 Å². The summed E-state index contributed by atoms with van der Waals surface area (Å²) in [7, 11) is 0. The Labute approximate surface area is 256 Å². The lowest BCUT2D eigenvalue weighted by atomic mass is 10.1. The standard InChI is InChI=1S/C23H42N10O10S/c1-44-6-4-13(21(41)33-15(10-35)22(42)43)30-17(37)8-29-19(39)14(7-16(25)36)32-20(40)12(3-2-5-28-23(26)27)31-18(38)11(24)9-34/h11-15,34-35H,2-10,24H2,1H3,(H2,25,36)(H,29,39)(H,30,37)(H,31,38)(H,32,40)(H,33,41)(H,42,43)(H4,26,27,28)/t11-,12-,13-,14-,15-/m0/s1. The number of thioether (sulfide) groups is 1. The molecule has 0 fully saturated rings. The minimum absolute atomic E-state index is 0.0433. The van der Waals surface area contributed by atoms with E-state index in [9.17, 15) is 33.6 Å². The monoisotopic (exact) mass is 650 g/mol. The second-order valence-electron chi connectivity index (χ2n) is 9.23. The SMILES string of the molecule is CSCC[C@H](NC(=O)CNC(=O)[C@H](CC(N)=O)NC(=O)[C@H](CCCN=C(N)N)NC(=O)[C@@H](N)CO)C(=O)N[C@@H](CO)C(=O)O. The van der Waals surface area contributed by atoms with Crippen molar-refractivity contribution in [3.05, 3.63) is 0 Å². The molecular weight excluding hydrogens is 608 g/mol. The maximum atomic E-state index is 13.0. The molecule has 0 spiro atoms. The van der Waals surface area contributed by atoms with E-state index in [4.69, 9.17) is 38.3 Å². The first-order chi connectivity index (χ1) is 20.7. The van der Waals surface area contributed by atoms with E-state index in [-0.39, 0.29) is 31.8 Å². The summed E-state index contributed by atoms with van der Waals surface area (Å²) in [6.07, 6.45) is 1.27. The number of nitrogens with zero attached hydrogens (tertiary/aromatic N) is 1. The zero-order chi connectivity index (χ0) is 33.8. The number of carbonyl (C=O) groups excluding carboxylic acids is 6. The smallest absolute Gasteiger partial charge is 0.328 e. The molecule has 6 amide bonds. The predicted octanol–water partition coefficient (Wildman–Crippen LogP) is -6.88. The number of amides is 6. The maximum absolute atomic E-state index is 13.0. The number of aliphatic hydroxyl groups excluding tert-OH is 2. The molecule has 250 valence electrons. The van der Waals surface area contributed by atoms with Gasteiger partial charge in [0.25, 0.3) is 0 Å². The van der Waals surface area contributed by atoms with E-state index in [1.165, 1.54) is 11.8 Å². The summed E-state index contributed by atoms with van der Waals surface area (Å²) in [5.41, 5.74) is 21.2. The van der Waals surface area contributed by atoms with Crippen molar-refractivity contribution in [2.45, 2.75) is 55.9 Å². The van der Waals surface area contributed by atoms with E-state index in [2.05, 4.69) is 31.6 Å². The largest absolute Gasteiger partial charge is 0.480 e. The van der Waals surface area contributed by atoms with Crippen LogP contribution in [0.2, 0.25) is 0 Å². The number of aliphatic imine (C=N–C) groups is 1. The lowest BCUT2D eigenvalue weighted by Gasteiger charge is -2.24. The third-order valence-corrected chi connectivity index (χ3v) is 6.28. The van der Waals surface area contributed by atoms with Crippen molar-refractivity contribution in [3.8, 4) is 0 Å². The number of hydrogen-bond donors (Lipinski definition) is 12. The Balaban J connectivity index is 5.53. The average molecular weight is 651 g/mol. The summed E-state index contributed by atoms with van der Waals surface area (Å²) in [5, 5.41) is 38.6. The van der Waals surface area contributed by atoms with Gasteiger partial charge in [0.1, 0.15) is 30.2 Å². The first kappa shape index (κ1) is 39.8. The summed E-state index contributed by atoms with van der Waals surface area (Å²) in [4.78, 5) is 89.6. The van der Waals surface area contributed by atoms with Crippen LogP contribution in [0.1, 0.15) is 25.7 Å². The van der Waals surface area contributed by atoms with E-state index >= 15 is 0 Å². The van der Waals surface area contributed by atoms with Gasteiger partial charge in [-0.25, -0.2) is 4.79 Å². The van der Waals surface area contributed by atoms with Gasteiger partial charge in [0, 0.05) is 6.54 Å². The van der Waals surface area contributed by atoms with Crippen LogP contribution >= 0.6 is 11.8 Å². The molecule has 0 unspecified atom stereocenters. The highest BCUT2D eigenvalue weighted by Gasteiger charge is 2.30. The van der Waals surface area contributed by atoms with Crippen LogP contribution in [-0.4, -0.2) is 131 Å². The molecule has 16 N–H and O–H groups in total. The van der Waals surface area contributed by atoms with Crippen molar-refractivity contribution in [1.29, 1.82) is 0 Å². The Bertz CT molecular complexity index is 1040. The number of aliphatic hydroxyl groups is 2. The first-order valence-corrected chi connectivity index (χ1v) is 14.6. The Morgan fingerprint density at radius 3 is 1.84 bits per heavy atom. The van der Waals surface area contributed by atoms with Gasteiger partial charge < -0.3 is 64.8 Å². The number of carbonyl (C=O) groups is 7. The molecule has 0 aromatic rings. The highest BCUT2D eigenvalue weighted by Crippen LogP contribution is 2.04. The Kier molecular flexibility index (Phi) is 19.4. The molecule has 0 saturated carbocycles. The van der Waals surface area contributed by atoms with Crippen molar-refractivity contribution in [3.63, 3.8) is 0 Å². The van der Waals surface area contributed by atoms with E-state index in [0.29, 0.717) is 5.75 Å². The van der Waals surface area contributed by atoms with Gasteiger partial charge in [-0.05, 0) is 31.3 Å². The van der Waals surface area contributed by atoms with Crippen LogP contribution in [0.5, 0.6) is 0 Å². The molecule has 0 aromatic carbocycles. The molecule has 20 nitrogen and oxygen atoms in total. The van der Waals surface area contributed by atoms with Crippen LogP contribution in [0.25, 0.3) is 0 Å². The third kappa shape index (κ3) is 16.4. The number of nitrogens with one attached hydrogen (secondary N) is 5. The second-order valence-corrected chi connectivity index (χ2v) is 10.2. The highest BCUT2D eigenvalue weighted by atomic mass is 32.2. The average Bonchev–Trinajstić information content (AvgIpc) is 2.96. The van der Waals surface area contributed by atoms with Gasteiger partial charge >= 0.3 is 5.97 Å². The van der Waals surface area contributed by atoms with Crippen LogP contribution in [0, 0.1) is 0 Å². The molecule has 0 rings (SSSR count). The summed E-state index contributed by atoms with van der Waals surface area (Å²) in [6, 6.07) is -7.06. The number of carboxylic acids is 1. The highest BCUT2D eigenvalue weighted by molar-refractivity contribution is 7.98. The van der Waals surface area contributed by atoms with Gasteiger partial charge in [-0.15, -0.1) is 0 Å². The molecular formula is C23H42N10O10S. The topological polar surface area (TPSA) is 357 Å². The van der Waals surface area contributed by atoms with Gasteiger partial charge in [0.15, 0.2) is 5.96 Å². The van der Waals surface area contributed by atoms with Crippen LogP contribution in [0.3, 0.4) is 0 Å². The van der Waals surface area contributed by atoms with Gasteiger partial charge in [-0.2, -0.15) is 11.8 Å². The van der Waals surface area contributed by atoms with E-state index in [1.54, 1.807) is 6.26 Å². The number of nitrogens with two attached hydrogens (primary N) is 4. The third-order valence-electron chi connectivity index (χ3n) is 5.63. The van der Waals surface area contributed by atoms with Crippen LogP contribution in [0.15, 0.2) is 4.99 Å². The Hall–Kier alpha value is -4.21. The zero-order valence-electron chi connectivity index (χ0n) is 24.1. The van der Waals surface area contributed by atoms with E-state index < -0.39 is 97.8 Å². The fourth-order valence-electron chi connectivity index (χ4n) is 3.32. The number of hydrogen-bond acceptors (Lipinski definition) is 12. The van der Waals surface area contributed by atoms with Crippen LogP contribution in [0.4, 0.5) is 0 Å². The Morgan fingerprint density at radius 1 is 0.773 bits per heavy atom. The molecule has 0 heterocycles.